The van der Waals surface area contributed by atoms with Gasteiger partial charge in [0, 0.05) is 12.0 Å². The number of rotatable bonds is 1. The molecular weight excluding hydrogens is 392 g/mol. The van der Waals surface area contributed by atoms with Crippen LogP contribution >= 0.6 is 0 Å². The maximum Gasteiger partial charge on any atom is 0.0594 e. The molecule has 1 unspecified atom stereocenters. The van der Waals surface area contributed by atoms with Crippen molar-refractivity contribution in [2.75, 3.05) is 6.61 Å². The first-order valence-electron chi connectivity index (χ1n) is 13.9. The predicted molar refractivity (Wildman–Crippen MR) is 132 cm³/mol. The van der Waals surface area contributed by atoms with E-state index < -0.39 is 0 Å². The van der Waals surface area contributed by atoms with Crippen molar-refractivity contribution in [3.63, 3.8) is 0 Å². The summed E-state index contributed by atoms with van der Waals surface area (Å²) in [6, 6.07) is 0. The first kappa shape index (κ1) is 23.4. The Labute approximate surface area is 197 Å². The quantitative estimate of drug-likeness (QED) is 0.429. The second kappa shape index (κ2) is 7.09. The summed E-state index contributed by atoms with van der Waals surface area (Å²) in [7, 11) is 0. The van der Waals surface area contributed by atoms with Crippen LogP contribution in [-0.4, -0.2) is 22.9 Å². The fourth-order valence-electron chi connectivity index (χ4n) is 10.9. The van der Waals surface area contributed by atoms with Crippen LogP contribution in [0.4, 0.5) is 0 Å². The Morgan fingerprint density at radius 3 is 2.28 bits per heavy atom. The summed E-state index contributed by atoms with van der Waals surface area (Å²) < 4.78 is 0. The highest BCUT2D eigenvalue weighted by Crippen LogP contribution is 2.75. The standard InChI is InChI=1S/C30H50O2/c1-19-10-15-30(18-31)17-16-28(6)21(25(30)20(19)2)8-9-23-27(5)13-12-24(32)26(3,4)22(27)11-14-29(23,28)7/h8,19-20,22-25,31-32H,9-18H2,1-7H3/t19-,20+,22+,23?,24+,25+,27+,28-,29-,30-/m1/s1. The number of allylic oxidation sites excluding steroid dienone is 2. The van der Waals surface area contributed by atoms with E-state index in [0.29, 0.717) is 41.1 Å². The number of aliphatic hydroxyl groups excluding tert-OH is 2. The van der Waals surface area contributed by atoms with Crippen LogP contribution in [0.2, 0.25) is 0 Å². The van der Waals surface area contributed by atoms with E-state index in [1.54, 1.807) is 5.57 Å². The van der Waals surface area contributed by atoms with Crippen LogP contribution in [-0.2, 0) is 0 Å². The van der Waals surface area contributed by atoms with E-state index in [1.807, 2.05) is 0 Å². The third kappa shape index (κ3) is 2.66. The molecule has 5 aliphatic carbocycles. The largest absolute Gasteiger partial charge is 0.396 e. The SMILES string of the molecule is C[C@H]1[C@H](C)CC[C@]2(CO)CC[C@]3(C)C(=CCC4[C@@]5(C)CC[C@H](O)C(C)(C)[C@@H]5CC[C@]43C)[C@H]12. The predicted octanol–water partition coefficient (Wildman–Crippen LogP) is 7.00. The van der Waals surface area contributed by atoms with E-state index in [9.17, 15) is 10.2 Å². The minimum absolute atomic E-state index is 0.0190. The van der Waals surface area contributed by atoms with Gasteiger partial charge in [-0.25, -0.2) is 0 Å². The van der Waals surface area contributed by atoms with E-state index in [0.717, 1.165) is 12.3 Å². The average Bonchev–Trinajstić information content (AvgIpc) is 2.74. The highest BCUT2D eigenvalue weighted by Gasteiger charge is 2.68. The first-order chi connectivity index (χ1) is 14.9. The van der Waals surface area contributed by atoms with Crippen LogP contribution in [0.25, 0.3) is 0 Å². The molecule has 32 heavy (non-hydrogen) atoms. The zero-order chi connectivity index (χ0) is 23.3. The second-order valence-corrected chi connectivity index (χ2v) is 14.5. The van der Waals surface area contributed by atoms with Gasteiger partial charge < -0.3 is 10.2 Å². The molecule has 0 spiro atoms. The molecular formula is C30H50O2. The van der Waals surface area contributed by atoms with Crippen molar-refractivity contribution in [3.05, 3.63) is 11.6 Å². The van der Waals surface area contributed by atoms with Crippen molar-refractivity contribution < 1.29 is 10.2 Å². The van der Waals surface area contributed by atoms with Gasteiger partial charge in [-0.15, -0.1) is 0 Å². The van der Waals surface area contributed by atoms with E-state index in [-0.39, 0.29) is 22.3 Å². The summed E-state index contributed by atoms with van der Waals surface area (Å²) >= 11 is 0. The monoisotopic (exact) mass is 442 g/mol. The van der Waals surface area contributed by atoms with Crippen molar-refractivity contribution >= 4 is 0 Å². The normalized spacial score (nSPS) is 56.8. The van der Waals surface area contributed by atoms with Crippen LogP contribution in [0.15, 0.2) is 11.6 Å². The van der Waals surface area contributed by atoms with Crippen LogP contribution in [0, 0.1) is 56.7 Å². The van der Waals surface area contributed by atoms with E-state index >= 15 is 0 Å². The zero-order valence-corrected chi connectivity index (χ0v) is 22.0. The number of fused-ring (bicyclic) bond motifs is 7. The summed E-state index contributed by atoms with van der Waals surface area (Å²) in [5.41, 5.74) is 2.77. The Morgan fingerprint density at radius 1 is 0.875 bits per heavy atom. The fraction of sp³-hybridized carbons (Fsp3) is 0.933. The average molecular weight is 443 g/mol. The van der Waals surface area contributed by atoms with E-state index in [1.165, 1.54) is 51.4 Å². The smallest absolute Gasteiger partial charge is 0.0594 e. The van der Waals surface area contributed by atoms with Crippen LogP contribution in [0.1, 0.15) is 106 Å². The molecule has 0 saturated heterocycles. The number of hydrogen-bond donors (Lipinski definition) is 2. The maximum atomic E-state index is 10.9. The Hall–Kier alpha value is -0.340. The molecule has 4 saturated carbocycles. The summed E-state index contributed by atoms with van der Waals surface area (Å²) in [6.45, 7) is 17.9. The molecule has 5 aliphatic rings. The lowest BCUT2D eigenvalue weighted by atomic mass is 9.33. The number of aliphatic hydroxyl groups is 2. The third-order valence-corrected chi connectivity index (χ3v) is 13.5. The van der Waals surface area contributed by atoms with E-state index in [4.69, 9.17) is 0 Å². The highest BCUT2D eigenvalue weighted by molar-refractivity contribution is 5.34. The van der Waals surface area contributed by atoms with Gasteiger partial charge in [0.05, 0.1) is 6.10 Å². The van der Waals surface area contributed by atoms with E-state index in [2.05, 4.69) is 54.5 Å². The Kier molecular flexibility index (Phi) is 5.19. The van der Waals surface area contributed by atoms with Crippen LogP contribution < -0.4 is 0 Å². The van der Waals surface area contributed by atoms with Gasteiger partial charge >= 0.3 is 0 Å². The first-order valence-corrected chi connectivity index (χ1v) is 13.9. The molecule has 0 amide bonds. The van der Waals surface area contributed by atoms with Crippen LogP contribution in [0.5, 0.6) is 0 Å². The van der Waals surface area contributed by atoms with Crippen molar-refractivity contribution in [1.82, 2.24) is 0 Å². The molecule has 10 atom stereocenters. The number of hydrogen-bond acceptors (Lipinski definition) is 2. The maximum absolute atomic E-state index is 10.9. The van der Waals surface area contributed by atoms with Crippen LogP contribution in [0.3, 0.4) is 0 Å². The Bertz CT molecular complexity index is 799. The molecule has 2 nitrogen and oxygen atoms in total. The molecule has 0 aromatic rings. The van der Waals surface area contributed by atoms with Gasteiger partial charge in [0.1, 0.15) is 0 Å². The van der Waals surface area contributed by atoms with Gasteiger partial charge in [0.25, 0.3) is 0 Å². The van der Waals surface area contributed by atoms with Crippen molar-refractivity contribution in [3.8, 4) is 0 Å². The lowest BCUT2D eigenvalue weighted by molar-refractivity contribution is -0.205. The molecule has 0 bridgehead atoms. The lowest BCUT2D eigenvalue weighted by Gasteiger charge is -2.71. The lowest BCUT2D eigenvalue weighted by Crippen LogP contribution is -2.65. The minimum atomic E-state index is -0.153. The Morgan fingerprint density at radius 2 is 1.59 bits per heavy atom. The van der Waals surface area contributed by atoms with Crippen molar-refractivity contribution in [1.29, 1.82) is 0 Å². The highest BCUT2D eigenvalue weighted by atomic mass is 16.3. The van der Waals surface area contributed by atoms with Gasteiger partial charge in [0.2, 0.25) is 0 Å². The molecule has 2 heteroatoms. The zero-order valence-electron chi connectivity index (χ0n) is 22.0. The molecule has 4 fully saturated rings. The molecule has 5 rings (SSSR count). The summed E-state index contributed by atoms with van der Waals surface area (Å²) in [5.74, 6) is 3.29. The van der Waals surface area contributed by atoms with Gasteiger partial charge in [0.15, 0.2) is 0 Å². The topological polar surface area (TPSA) is 40.5 Å². The molecule has 0 aliphatic heterocycles. The second-order valence-electron chi connectivity index (χ2n) is 14.5. The molecule has 0 aromatic heterocycles. The van der Waals surface area contributed by atoms with Crippen molar-refractivity contribution in [2.24, 2.45) is 56.7 Å². The summed E-state index contributed by atoms with van der Waals surface area (Å²) in [6.07, 6.45) is 13.4. The van der Waals surface area contributed by atoms with Gasteiger partial charge in [-0.05, 0) is 109 Å². The molecule has 182 valence electrons. The van der Waals surface area contributed by atoms with Gasteiger partial charge in [-0.3, -0.25) is 0 Å². The van der Waals surface area contributed by atoms with Gasteiger partial charge in [-0.1, -0.05) is 60.1 Å². The van der Waals surface area contributed by atoms with Gasteiger partial charge in [-0.2, -0.15) is 0 Å². The molecule has 0 radical (unpaired) electrons. The fourth-order valence-corrected chi connectivity index (χ4v) is 10.9. The summed E-state index contributed by atoms with van der Waals surface area (Å²) in [5, 5.41) is 21.6. The molecule has 0 aromatic carbocycles. The minimum Gasteiger partial charge on any atom is -0.396 e. The summed E-state index contributed by atoms with van der Waals surface area (Å²) in [4.78, 5) is 0. The third-order valence-electron chi connectivity index (χ3n) is 13.5. The molecule has 2 N–H and O–H groups in total. The Balaban J connectivity index is 1.59. The van der Waals surface area contributed by atoms with Crippen molar-refractivity contribution in [2.45, 2.75) is 112 Å². The molecule has 0 heterocycles.